The molecule has 0 fully saturated rings. The van der Waals surface area contributed by atoms with E-state index < -0.39 is 5.97 Å². The Balaban J connectivity index is 2.27. The highest BCUT2D eigenvalue weighted by molar-refractivity contribution is 9.10. The quantitative estimate of drug-likeness (QED) is 0.549. The average Bonchev–Trinajstić information content (AvgIpc) is 2.48. The van der Waals surface area contributed by atoms with Crippen LogP contribution in [-0.4, -0.2) is 12.6 Å². The molecule has 0 atom stereocenters. The fourth-order valence-corrected chi connectivity index (χ4v) is 2.87. The molecule has 0 saturated heterocycles. The monoisotopic (exact) mass is 362 g/mol. The van der Waals surface area contributed by atoms with Gasteiger partial charge in [-0.1, -0.05) is 35.0 Å². The fraction of sp³-hybridized carbons (Fsp3) is 0.278. The zero-order chi connectivity index (χ0) is 16.1. The summed E-state index contributed by atoms with van der Waals surface area (Å²) in [5.41, 5.74) is 2.26. The molecule has 22 heavy (non-hydrogen) atoms. The lowest BCUT2D eigenvalue weighted by atomic mass is 10.1. The van der Waals surface area contributed by atoms with Crippen LogP contribution in [0.15, 0.2) is 40.9 Å². The lowest BCUT2D eigenvalue weighted by Gasteiger charge is -2.13. The number of hydrogen-bond acceptors (Lipinski definition) is 3. The smallest absolute Gasteiger partial charge is 0.347 e. The van der Waals surface area contributed by atoms with E-state index in [0.717, 1.165) is 22.0 Å². The van der Waals surface area contributed by atoms with E-state index in [2.05, 4.69) is 15.9 Å². The number of esters is 1. The van der Waals surface area contributed by atoms with E-state index in [9.17, 15) is 4.79 Å². The lowest BCUT2D eigenvalue weighted by Crippen LogP contribution is -2.12. The van der Waals surface area contributed by atoms with Gasteiger partial charge in [0.1, 0.15) is 17.1 Å². The second-order valence-corrected chi connectivity index (χ2v) is 6.02. The third kappa shape index (κ3) is 3.89. The Morgan fingerprint density at radius 2 is 1.77 bits per heavy atom. The van der Waals surface area contributed by atoms with Crippen LogP contribution in [0.3, 0.4) is 0 Å². The number of para-hydroxylation sites is 1. The number of hydrogen-bond donors (Lipinski definition) is 0. The first-order valence-corrected chi connectivity index (χ1v) is 8.03. The third-order valence-corrected chi connectivity index (χ3v) is 3.65. The lowest BCUT2D eigenvalue weighted by molar-refractivity contribution is 0.0727. The number of halogens is 1. The second-order valence-electron chi connectivity index (χ2n) is 5.10. The van der Waals surface area contributed by atoms with E-state index in [1.165, 1.54) is 0 Å². The highest BCUT2D eigenvalue weighted by Crippen LogP contribution is 2.29. The molecule has 0 spiro atoms. The van der Waals surface area contributed by atoms with Crippen molar-refractivity contribution in [2.45, 2.75) is 27.2 Å². The molecule has 2 aromatic carbocycles. The molecular formula is C18H19BrO3. The predicted octanol–water partition coefficient (Wildman–Crippen LogP) is 5.07. The maximum Gasteiger partial charge on any atom is 0.347 e. The van der Waals surface area contributed by atoms with Crippen molar-refractivity contribution in [3.8, 4) is 11.5 Å². The first-order chi connectivity index (χ1) is 10.5. The van der Waals surface area contributed by atoms with Crippen LogP contribution in [0.2, 0.25) is 0 Å². The van der Waals surface area contributed by atoms with Crippen molar-refractivity contribution < 1.29 is 14.3 Å². The normalized spacial score (nSPS) is 10.4. The van der Waals surface area contributed by atoms with E-state index in [1.807, 2.05) is 39.0 Å². The van der Waals surface area contributed by atoms with Crippen LogP contribution in [0.5, 0.6) is 11.5 Å². The summed E-state index contributed by atoms with van der Waals surface area (Å²) in [5, 5.41) is 0. The highest BCUT2D eigenvalue weighted by Gasteiger charge is 2.17. The van der Waals surface area contributed by atoms with Crippen molar-refractivity contribution in [3.63, 3.8) is 0 Å². The Kier molecular flexibility index (Phi) is 5.61. The van der Waals surface area contributed by atoms with Crippen LogP contribution in [-0.2, 0) is 0 Å². The summed E-state index contributed by atoms with van der Waals surface area (Å²) in [7, 11) is 0. The van der Waals surface area contributed by atoms with Crippen molar-refractivity contribution in [1.82, 2.24) is 0 Å². The molecule has 0 aromatic heterocycles. The SMILES string of the molecule is CCCOc1ccccc1C(=O)Oc1c(C)cc(Br)cc1C. The molecule has 3 nitrogen and oxygen atoms in total. The average molecular weight is 363 g/mol. The van der Waals surface area contributed by atoms with Gasteiger partial charge in [0.15, 0.2) is 0 Å². The minimum absolute atomic E-state index is 0.403. The van der Waals surface area contributed by atoms with Crippen LogP contribution in [0.25, 0.3) is 0 Å². The van der Waals surface area contributed by atoms with Crippen LogP contribution in [0, 0.1) is 13.8 Å². The second kappa shape index (κ2) is 7.45. The van der Waals surface area contributed by atoms with Crippen LogP contribution in [0.4, 0.5) is 0 Å². The molecule has 0 aliphatic rings. The van der Waals surface area contributed by atoms with Gasteiger partial charge in [0.05, 0.1) is 6.61 Å². The van der Waals surface area contributed by atoms with E-state index in [0.29, 0.717) is 23.7 Å². The molecule has 116 valence electrons. The Labute approximate surface area is 139 Å². The standard InChI is InChI=1S/C18H19BrO3/c1-4-9-21-16-8-6-5-7-15(16)18(20)22-17-12(2)10-14(19)11-13(17)3/h5-8,10-11H,4,9H2,1-3H3. The summed E-state index contributed by atoms with van der Waals surface area (Å²) < 4.78 is 12.2. The number of ether oxygens (including phenoxy) is 2. The molecule has 0 unspecified atom stereocenters. The van der Waals surface area contributed by atoms with Gasteiger partial charge in [-0.3, -0.25) is 0 Å². The van der Waals surface area contributed by atoms with Gasteiger partial charge < -0.3 is 9.47 Å². The zero-order valence-corrected chi connectivity index (χ0v) is 14.6. The molecule has 0 bridgehead atoms. The highest BCUT2D eigenvalue weighted by atomic mass is 79.9. The zero-order valence-electron chi connectivity index (χ0n) is 13.0. The summed E-state index contributed by atoms with van der Waals surface area (Å²) in [6.07, 6.45) is 0.883. The molecule has 0 aliphatic carbocycles. The van der Waals surface area contributed by atoms with Crippen LogP contribution in [0.1, 0.15) is 34.8 Å². The minimum Gasteiger partial charge on any atom is -0.493 e. The van der Waals surface area contributed by atoms with Gasteiger partial charge in [0.2, 0.25) is 0 Å². The molecule has 2 aromatic rings. The molecule has 0 saturated carbocycles. The number of rotatable bonds is 5. The van der Waals surface area contributed by atoms with Crippen LogP contribution < -0.4 is 9.47 Å². The summed E-state index contributed by atoms with van der Waals surface area (Å²) >= 11 is 3.44. The Hall–Kier alpha value is -1.81. The largest absolute Gasteiger partial charge is 0.493 e. The molecule has 2 rings (SSSR count). The van der Waals surface area contributed by atoms with Crippen molar-refractivity contribution in [2.24, 2.45) is 0 Å². The molecule has 0 N–H and O–H groups in total. The Morgan fingerprint density at radius 1 is 1.14 bits per heavy atom. The molecular weight excluding hydrogens is 344 g/mol. The predicted molar refractivity (Wildman–Crippen MR) is 90.8 cm³/mol. The van der Waals surface area contributed by atoms with Crippen molar-refractivity contribution in [3.05, 3.63) is 57.6 Å². The Bertz CT molecular complexity index is 657. The topological polar surface area (TPSA) is 35.5 Å². The minimum atomic E-state index is -0.403. The molecule has 0 heterocycles. The van der Waals surface area contributed by atoms with E-state index >= 15 is 0 Å². The van der Waals surface area contributed by atoms with Gasteiger partial charge >= 0.3 is 5.97 Å². The molecule has 0 amide bonds. The molecule has 0 radical (unpaired) electrons. The van der Waals surface area contributed by atoms with E-state index in [4.69, 9.17) is 9.47 Å². The Morgan fingerprint density at radius 3 is 2.41 bits per heavy atom. The van der Waals surface area contributed by atoms with Gasteiger partial charge in [0.25, 0.3) is 0 Å². The van der Waals surface area contributed by atoms with E-state index in [1.54, 1.807) is 18.2 Å². The number of aryl methyl sites for hydroxylation is 2. The van der Waals surface area contributed by atoms with Crippen molar-refractivity contribution in [1.29, 1.82) is 0 Å². The first-order valence-electron chi connectivity index (χ1n) is 7.23. The van der Waals surface area contributed by atoms with Gasteiger partial charge in [0, 0.05) is 4.47 Å². The summed E-state index contributed by atoms with van der Waals surface area (Å²) in [6, 6.07) is 11.0. The molecule has 4 heteroatoms. The van der Waals surface area contributed by atoms with Gasteiger partial charge in [-0.2, -0.15) is 0 Å². The van der Waals surface area contributed by atoms with Gasteiger partial charge in [-0.05, 0) is 55.7 Å². The van der Waals surface area contributed by atoms with Crippen molar-refractivity contribution in [2.75, 3.05) is 6.61 Å². The molecule has 0 aliphatic heterocycles. The maximum absolute atomic E-state index is 12.5. The fourth-order valence-electron chi connectivity index (χ4n) is 2.18. The maximum atomic E-state index is 12.5. The van der Waals surface area contributed by atoms with Crippen LogP contribution >= 0.6 is 15.9 Å². The van der Waals surface area contributed by atoms with Gasteiger partial charge in [-0.15, -0.1) is 0 Å². The third-order valence-electron chi connectivity index (χ3n) is 3.19. The first kappa shape index (κ1) is 16.6. The van der Waals surface area contributed by atoms with Crippen molar-refractivity contribution >= 4 is 21.9 Å². The summed E-state index contributed by atoms with van der Waals surface area (Å²) in [6.45, 7) is 6.43. The summed E-state index contributed by atoms with van der Waals surface area (Å²) in [5.74, 6) is 0.750. The number of carbonyl (C=O) groups excluding carboxylic acids is 1. The van der Waals surface area contributed by atoms with E-state index in [-0.39, 0.29) is 0 Å². The summed E-state index contributed by atoms with van der Waals surface area (Å²) in [4.78, 5) is 12.5. The number of carbonyl (C=O) groups is 1. The van der Waals surface area contributed by atoms with Gasteiger partial charge in [-0.25, -0.2) is 4.79 Å². The number of benzene rings is 2.